The van der Waals surface area contributed by atoms with Crippen LogP contribution < -0.4 is 0 Å². The number of aliphatic hydroxyl groups excluding tert-OH is 2. The molecule has 0 unspecified atom stereocenters. The predicted molar refractivity (Wildman–Crippen MR) is 72.3 cm³/mol. The van der Waals surface area contributed by atoms with E-state index in [0.717, 1.165) is 12.1 Å². The van der Waals surface area contributed by atoms with Gasteiger partial charge in [-0.3, -0.25) is 0 Å². The second-order valence-corrected chi connectivity index (χ2v) is 5.00. The average Bonchev–Trinajstić information content (AvgIpc) is 2.49. The van der Waals surface area contributed by atoms with Gasteiger partial charge in [0.1, 0.15) is 5.82 Å². The molecule has 0 aliphatic rings. The third-order valence-electron chi connectivity index (χ3n) is 3.58. The molecule has 0 atom stereocenters. The standard InChI is InChI=1S/C16H15F3O2/c17-13-4-2-1-3-12(13)16(9-20,10-21)8-11-5-6-14(18)15(19)7-11/h1-7,20-21H,8-10H2. The zero-order chi connectivity index (χ0) is 15.5. The first-order chi connectivity index (χ1) is 10.0. The van der Waals surface area contributed by atoms with Gasteiger partial charge >= 0.3 is 0 Å². The van der Waals surface area contributed by atoms with Gasteiger partial charge in [0.05, 0.1) is 13.2 Å². The molecule has 2 nitrogen and oxygen atoms in total. The number of halogens is 3. The quantitative estimate of drug-likeness (QED) is 0.890. The van der Waals surface area contributed by atoms with Crippen LogP contribution in [0.2, 0.25) is 0 Å². The molecule has 0 heterocycles. The lowest BCUT2D eigenvalue weighted by molar-refractivity contribution is 0.113. The first-order valence-electron chi connectivity index (χ1n) is 6.43. The molecule has 0 saturated carbocycles. The number of aliphatic hydroxyl groups is 2. The summed E-state index contributed by atoms with van der Waals surface area (Å²) in [6, 6.07) is 9.06. The van der Waals surface area contributed by atoms with Crippen molar-refractivity contribution < 1.29 is 23.4 Å². The topological polar surface area (TPSA) is 40.5 Å². The van der Waals surface area contributed by atoms with Crippen LogP contribution in [0.4, 0.5) is 13.2 Å². The summed E-state index contributed by atoms with van der Waals surface area (Å²) in [4.78, 5) is 0. The zero-order valence-electron chi connectivity index (χ0n) is 11.2. The summed E-state index contributed by atoms with van der Waals surface area (Å²) in [7, 11) is 0. The van der Waals surface area contributed by atoms with Crippen LogP contribution in [0, 0.1) is 17.5 Å². The molecule has 0 bridgehead atoms. The molecule has 112 valence electrons. The summed E-state index contributed by atoms with van der Waals surface area (Å²) < 4.78 is 40.2. The van der Waals surface area contributed by atoms with Gasteiger partial charge in [0.15, 0.2) is 11.6 Å². The molecule has 0 spiro atoms. The van der Waals surface area contributed by atoms with Crippen molar-refractivity contribution in [3.05, 3.63) is 71.0 Å². The number of hydrogen-bond acceptors (Lipinski definition) is 2. The van der Waals surface area contributed by atoms with Crippen LogP contribution in [0.1, 0.15) is 11.1 Å². The van der Waals surface area contributed by atoms with Gasteiger partial charge in [-0.1, -0.05) is 24.3 Å². The van der Waals surface area contributed by atoms with Crippen LogP contribution in [-0.4, -0.2) is 23.4 Å². The van der Waals surface area contributed by atoms with Gasteiger partial charge in [-0.05, 0) is 35.7 Å². The van der Waals surface area contributed by atoms with Crippen molar-refractivity contribution in [1.82, 2.24) is 0 Å². The van der Waals surface area contributed by atoms with Gasteiger partial charge < -0.3 is 10.2 Å². The minimum absolute atomic E-state index is 0.0157. The molecule has 0 aromatic heterocycles. The maximum absolute atomic E-state index is 13.9. The van der Waals surface area contributed by atoms with Crippen molar-refractivity contribution in [2.45, 2.75) is 11.8 Å². The Labute approximate surface area is 120 Å². The van der Waals surface area contributed by atoms with E-state index in [1.165, 1.54) is 24.3 Å². The fourth-order valence-electron chi connectivity index (χ4n) is 2.36. The molecule has 0 radical (unpaired) electrons. The van der Waals surface area contributed by atoms with Crippen LogP contribution in [0.3, 0.4) is 0 Å². The third-order valence-corrected chi connectivity index (χ3v) is 3.58. The Hall–Kier alpha value is -1.85. The molecule has 2 aromatic rings. The first kappa shape index (κ1) is 15.5. The minimum atomic E-state index is -1.30. The normalized spacial score (nSPS) is 11.7. The molecular formula is C16H15F3O2. The van der Waals surface area contributed by atoms with Crippen molar-refractivity contribution in [3.8, 4) is 0 Å². The van der Waals surface area contributed by atoms with Crippen LogP contribution in [0.5, 0.6) is 0 Å². The molecule has 0 amide bonds. The number of hydrogen-bond donors (Lipinski definition) is 2. The van der Waals surface area contributed by atoms with E-state index in [0.29, 0.717) is 5.56 Å². The monoisotopic (exact) mass is 296 g/mol. The van der Waals surface area contributed by atoms with Gasteiger partial charge in [-0.25, -0.2) is 13.2 Å². The summed E-state index contributed by atoms with van der Waals surface area (Å²) in [5.74, 6) is -2.57. The van der Waals surface area contributed by atoms with Crippen LogP contribution in [-0.2, 0) is 11.8 Å². The molecule has 0 fully saturated rings. The second-order valence-electron chi connectivity index (χ2n) is 5.00. The van der Waals surface area contributed by atoms with Gasteiger partial charge in [0.25, 0.3) is 0 Å². The number of benzene rings is 2. The highest BCUT2D eigenvalue weighted by Gasteiger charge is 2.34. The van der Waals surface area contributed by atoms with Crippen molar-refractivity contribution in [2.75, 3.05) is 13.2 Å². The van der Waals surface area contributed by atoms with E-state index in [-0.39, 0.29) is 12.0 Å². The minimum Gasteiger partial charge on any atom is -0.395 e. The fraction of sp³-hybridized carbons (Fsp3) is 0.250. The van der Waals surface area contributed by atoms with E-state index in [2.05, 4.69) is 0 Å². The largest absolute Gasteiger partial charge is 0.395 e. The summed E-state index contributed by atoms with van der Waals surface area (Å²) in [6.07, 6.45) is -0.0157. The fourth-order valence-corrected chi connectivity index (χ4v) is 2.36. The Morgan fingerprint density at radius 1 is 0.810 bits per heavy atom. The first-order valence-corrected chi connectivity index (χ1v) is 6.43. The highest BCUT2D eigenvalue weighted by molar-refractivity contribution is 5.31. The molecule has 2 N–H and O–H groups in total. The summed E-state index contributed by atoms with van der Waals surface area (Å²) >= 11 is 0. The summed E-state index contributed by atoms with van der Waals surface area (Å²) in [5.41, 5.74) is -0.796. The third kappa shape index (κ3) is 3.09. The average molecular weight is 296 g/mol. The smallest absolute Gasteiger partial charge is 0.159 e. The van der Waals surface area contributed by atoms with Crippen LogP contribution >= 0.6 is 0 Å². The lowest BCUT2D eigenvalue weighted by Gasteiger charge is -2.31. The molecule has 21 heavy (non-hydrogen) atoms. The van der Waals surface area contributed by atoms with E-state index in [4.69, 9.17) is 0 Å². The molecule has 5 heteroatoms. The van der Waals surface area contributed by atoms with Crippen molar-refractivity contribution in [1.29, 1.82) is 0 Å². The van der Waals surface area contributed by atoms with Gasteiger partial charge in [0.2, 0.25) is 0 Å². The van der Waals surface area contributed by atoms with E-state index in [9.17, 15) is 23.4 Å². The maximum atomic E-state index is 13.9. The SMILES string of the molecule is OCC(CO)(Cc1ccc(F)c(F)c1)c1ccccc1F. The molecule has 0 saturated heterocycles. The predicted octanol–water partition coefficient (Wildman–Crippen LogP) is 2.57. The van der Waals surface area contributed by atoms with E-state index >= 15 is 0 Å². The maximum Gasteiger partial charge on any atom is 0.159 e. The van der Waals surface area contributed by atoms with E-state index < -0.39 is 36.1 Å². The lowest BCUT2D eigenvalue weighted by atomic mass is 9.76. The zero-order valence-corrected chi connectivity index (χ0v) is 11.2. The van der Waals surface area contributed by atoms with Crippen molar-refractivity contribution >= 4 is 0 Å². The highest BCUT2D eigenvalue weighted by Crippen LogP contribution is 2.30. The van der Waals surface area contributed by atoms with Gasteiger partial charge in [0, 0.05) is 5.41 Å². The van der Waals surface area contributed by atoms with E-state index in [1.54, 1.807) is 6.07 Å². The molecular weight excluding hydrogens is 281 g/mol. The van der Waals surface area contributed by atoms with Crippen molar-refractivity contribution in [3.63, 3.8) is 0 Å². The number of rotatable bonds is 5. The molecule has 2 rings (SSSR count). The Kier molecular flexibility index (Phi) is 4.65. The Morgan fingerprint density at radius 2 is 1.48 bits per heavy atom. The molecule has 0 aliphatic heterocycles. The lowest BCUT2D eigenvalue weighted by Crippen LogP contribution is -2.38. The van der Waals surface area contributed by atoms with Crippen LogP contribution in [0.15, 0.2) is 42.5 Å². The van der Waals surface area contributed by atoms with Gasteiger partial charge in [-0.15, -0.1) is 0 Å². The van der Waals surface area contributed by atoms with E-state index in [1.807, 2.05) is 0 Å². The van der Waals surface area contributed by atoms with Gasteiger partial charge in [-0.2, -0.15) is 0 Å². The summed E-state index contributed by atoms with van der Waals surface area (Å²) in [6.45, 7) is -1.05. The Morgan fingerprint density at radius 3 is 2.05 bits per heavy atom. The molecule has 2 aromatic carbocycles. The Balaban J connectivity index is 2.43. The molecule has 0 aliphatic carbocycles. The second kappa shape index (κ2) is 6.28. The Bertz CT molecular complexity index is 625. The van der Waals surface area contributed by atoms with Crippen molar-refractivity contribution in [2.24, 2.45) is 0 Å². The van der Waals surface area contributed by atoms with Crippen LogP contribution in [0.25, 0.3) is 0 Å². The highest BCUT2D eigenvalue weighted by atomic mass is 19.2. The summed E-state index contributed by atoms with van der Waals surface area (Å²) in [5, 5.41) is 19.3.